The number of likely N-dealkylation sites (tertiary alicyclic amines) is 1. The first kappa shape index (κ1) is 10.3. The average Bonchev–Trinajstić information content (AvgIpc) is 2.83. The Balaban J connectivity index is 1.93. The number of rotatable bonds is 1. The van der Waals surface area contributed by atoms with Gasteiger partial charge in [0.15, 0.2) is 0 Å². The zero-order valence-electron chi connectivity index (χ0n) is 9.76. The van der Waals surface area contributed by atoms with Gasteiger partial charge in [-0.25, -0.2) is 4.98 Å². The van der Waals surface area contributed by atoms with Crippen LogP contribution in [0.5, 0.6) is 0 Å². The molecule has 16 heavy (non-hydrogen) atoms. The van der Waals surface area contributed by atoms with Crippen molar-refractivity contribution in [2.24, 2.45) is 0 Å². The van der Waals surface area contributed by atoms with E-state index < -0.39 is 0 Å². The highest BCUT2D eigenvalue weighted by atomic mass is 16.3. The number of fused-ring (bicyclic) bond motifs is 1. The van der Waals surface area contributed by atoms with Gasteiger partial charge in [0, 0.05) is 11.9 Å². The van der Waals surface area contributed by atoms with Crippen molar-refractivity contribution in [3.63, 3.8) is 0 Å². The number of aliphatic hydroxyl groups is 1. The molecule has 4 heteroatoms. The second-order valence-corrected chi connectivity index (χ2v) is 5.05. The molecule has 2 unspecified atom stereocenters. The van der Waals surface area contributed by atoms with Gasteiger partial charge in [-0.15, -0.1) is 0 Å². The molecular formula is C12H19N3O. The number of aromatic nitrogens is 2. The largest absolute Gasteiger partial charge is 0.391 e. The maximum absolute atomic E-state index is 9.75. The molecular weight excluding hydrogens is 202 g/mol. The predicted octanol–water partition coefficient (Wildman–Crippen LogP) is 0.957. The second kappa shape index (κ2) is 3.86. The fraction of sp³-hybridized carbons (Fsp3) is 0.750. The molecule has 88 valence electrons. The van der Waals surface area contributed by atoms with Crippen LogP contribution in [0.3, 0.4) is 0 Å². The molecule has 3 heterocycles. The molecule has 1 fully saturated rings. The summed E-state index contributed by atoms with van der Waals surface area (Å²) in [5.74, 6) is 1.16. The fourth-order valence-corrected chi connectivity index (χ4v) is 2.96. The van der Waals surface area contributed by atoms with Crippen molar-refractivity contribution >= 4 is 0 Å². The van der Waals surface area contributed by atoms with Crippen molar-refractivity contribution in [2.45, 2.75) is 44.4 Å². The van der Waals surface area contributed by atoms with E-state index in [0.717, 1.165) is 31.8 Å². The van der Waals surface area contributed by atoms with Gasteiger partial charge in [-0.3, -0.25) is 4.90 Å². The Morgan fingerprint density at radius 1 is 1.44 bits per heavy atom. The monoisotopic (exact) mass is 221 g/mol. The third-order valence-corrected chi connectivity index (χ3v) is 3.91. The number of hydrogen-bond acceptors (Lipinski definition) is 3. The standard InChI is InChI=1S/C12H19N3O/c1-14-6-2-3-11(14)12-13-7-9-4-5-10(16)8-15(9)12/h7,10-11,16H,2-6,8H2,1H3. The van der Waals surface area contributed by atoms with E-state index in [0.29, 0.717) is 6.04 Å². The molecule has 0 radical (unpaired) electrons. The van der Waals surface area contributed by atoms with Gasteiger partial charge in [0.1, 0.15) is 5.82 Å². The average molecular weight is 221 g/mol. The Bertz CT molecular complexity index is 388. The van der Waals surface area contributed by atoms with E-state index in [-0.39, 0.29) is 6.10 Å². The molecule has 0 aromatic carbocycles. The van der Waals surface area contributed by atoms with Gasteiger partial charge in [-0.1, -0.05) is 0 Å². The summed E-state index contributed by atoms with van der Waals surface area (Å²) in [6.07, 6.45) is 6.10. The molecule has 2 atom stereocenters. The van der Waals surface area contributed by atoms with Crippen molar-refractivity contribution in [3.8, 4) is 0 Å². The van der Waals surface area contributed by atoms with Crippen molar-refractivity contribution in [3.05, 3.63) is 17.7 Å². The minimum atomic E-state index is -0.188. The first-order valence-electron chi connectivity index (χ1n) is 6.18. The lowest BCUT2D eigenvalue weighted by Gasteiger charge is -2.25. The van der Waals surface area contributed by atoms with Crippen LogP contribution in [0.1, 0.15) is 36.8 Å². The number of aliphatic hydroxyl groups excluding tert-OH is 1. The van der Waals surface area contributed by atoms with Crippen LogP contribution < -0.4 is 0 Å². The lowest BCUT2D eigenvalue weighted by molar-refractivity contribution is 0.127. The smallest absolute Gasteiger partial charge is 0.126 e. The quantitative estimate of drug-likeness (QED) is 0.768. The minimum absolute atomic E-state index is 0.188. The van der Waals surface area contributed by atoms with Crippen molar-refractivity contribution in [1.29, 1.82) is 0 Å². The van der Waals surface area contributed by atoms with E-state index in [1.54, 1.807) is 0 Å². The molecule has 0 saturated carbocycles. The molecule has 0 aliphatic carbocycles. The Kier molecular flexibility index (Phi) is 2.48. The maximum Gasteiger partial charge on any atom is 0.126 e. The summed E-state index contributed by atoms with van der Waals surface area (Å²) >= 11 is 0. The maximum atomic E-state index is 9.75. The van der Waals surface area contributed by atoms with E-state index in [1.165, 1.54) is 18.5 Å². The van der Waals surface area contributed by atoms with E-state index in [1.807, 2.05) is 6.20 Å². The van der Waals surface area contributed by atoms with E-state index >= 15 is 0 Å². The summed E-state index contributed by atoms with van der Waals surface area (Å²) in [7, 11) is 2.17. The van der Waals surface area contributed by atoms with E-state index in [4.69, 9.17) is 0 Å². The second-order valence-electron chi connectivity index (χ2n) is 5.05. The van der Waals surface area contributed by atoms with Gasteiger partial charge in [-0.05, 0) is 39.3 Å². The van der Waals surface area contributed by atoms with Crippen LogP contribution in [0.25, 0.3) is 0 Å². The van der Waals surface area contributed by atoms with Crippen LogP contribution in [0, 0.1) is 0 Å². The van der Waals surface area contributed by atoms with Crippen LogP contribution >= 0.6 is 0 Å². The lowest BCUT2D eigenvalue weighted by Crippen LogP contribution is -2.28. The third kappa shape index (κ3) is 1.57. The molecule has 1 saturated heterocycles. The van der Waals surface area contributed by atoms with Gasteiger partial charge in [0.25, 0.3) is 0 Å². The Morgan fingerprint density at radius 2 is 2.31 bits per heavy atom. The zero-order valence-corrected chi connectivity index (χ0v) is 9.76. The summed E-state index contributed by atoms with van der Waals surface area (Å²) in [6, 6.07) is 0.457. The van der Waals surface area contributed by atoms with Crippen LogP contribution in [-0.4, -0.2) is 39.3 Å². The summed E-state index contributed by atoms with van der Waals surface area (Å²) in [6.45, 7) is 1.89. The predicted molar refractivity (Wildman–Crippen MR) is 61.2 cm³/mol. The van der Waals surface area contributed by atoms with Crippen LogP contribution in [0.15, 0.2) is 6.20 Å². The molecule has 3 rings (SSSR count). The number of nitrogens with zero attached hydrogens (tertiary/aromatic N) is 3. The van der Waals surface area contributed by atoms with Gasteiger partial charge in [0.2, 0.25) is 0 Å². The van der Waals surface area contributed by atoms with Crippen LogP contribution in [-0.2, 0) is 13.0 Å². The molecule has 1 N–H and O–H groups in total. The Hall–Kier alpha value is -0.870. The first-order valence-corrected chi connectivity index (χ1v) is 6.18. The molecule has 0 spiro atoms. The van der Waals surface area contributed by atoms with Crippen molar-refractivity contribution < 1.29 is 5.11 Å². The molecule has 2 aliphatic rings. The van der Waals surface area contributed by atoms with E-state index in [2.05, 4.69) is 21.5 Å². The van der Waals surface area contributed by atoms with Gasteiger partial charge in [-0.2, -0.15) is 0 Å². The van der Waals surface area contributed by atoms with Crippen LogP contribution in [0.2, 0.25) is 0 Å². The van der Waals surface area contributed by atoms with Crippen molar-refractivity contribution in [2.75, 3.05) is 13.6 Å². The van der Waals surface area contributed by atoms with Gasteiger partial charge >= 0.3 is 0 Å². The highest BCUT2D eigenvalue weighted by molar-refractivity contribution is 5.12. The van der Waals surface area contributed by atoms with E-state index in [9.17, 15) is 5.11 Å². The molecule has 1 aromatic rings. The number of hydrogen-bond donors (Lipinski definition) is 1. The molecule has 4 nitrogen and oxygen atoms in total. The highest BCUT2D eigenvalue weighted by Gasteiger charge is 2.29. The lowest BCUT2D eigenvalue weighted by atomic mass is 10.1. The molecule has 2 aliphatic heterocycles. The highest BCUT2D eigenvalue weighted by Crippen LogP contribution is 2.31. The molecule has 1 aromatic heterocycles. The summed E-state index contributed by atoms with van der Waals surface area (Å²) in [5.41, 5.74) is 1.29. The van der Waals surface area contributed by atoms with Gasteiger partial charge in [0.05, 0.1) is 18.7 Å². The first-order chi connectivity index (χ1) is 7.75. The topological polar surface area (TPSA) is 41.3 Å². The Morgan fingerprint density at radius 3 is 3.06 bits per heavy atom. The SMILES string of the molecule is CN1CCCC1c1ncc2n1CC(O)CC2. The minimum Gasteiger partial charge on any atom is -0.391 e. The summed E-state index contributed by atoms with van der Waals surface area (Å²) < 4.78 is 2.24. The summed E-state index contributed by atoms with van der Waals surface area (Å²) in [5, 5.41) is 9.75. The van der Waals surface area contributed by atoms with Crippen molar-refractivity contribution in [1.82, 2.24) is 14.5 Å². The zero-order chi connectivity index (χ0) is 11.1. The third-order valence-electron chi connectivity index (χ3n) is 3.91. The summed E-state index contributed by atoms with van der Waals surface area (Å²) in [4.78, 5) is 6.95. The number of aryl methyl sites for hydroxylation is 1. The molecule has 0 bridgehead atoms. The normalized spacial score (nSPS) is 30.6. The number of imidazole rings is 1. The Labute approximate surface area is 95.9 Å². The fourth-order valence-electron chi connectivity index (χ4n) is 2.96. The van der Waals surface area contributed by atoms with Crippen LogP contribution in [0.4, 0.5) is 0 Å². The molecule has 0 amide bonds. The van der Waals surface area contributed by atoms with Gasteiger partial charge < -0.3 is 9.67 Å².